The third-order valence-electron chi connectivity index (χ3n) is 3.37. The monoisotopic (exact) mass is 254 g/mol. The average molecular weight is 254 g/mol. The quantitative estimate of drug-likeness (QED) is 0.755. The van der Waals surface area contributed by atoms with Crippen molar-refractivity contribution in [3.63, 3.8) is 0 Å². The van der Waals surface area contributed by atoms with Crippen molar-refractivity contribution in [2.75, 3.05) is 19.7 Å². The molecule has 0 amide bonds. The highest BCUT2D eigenvalue weighted by Crippen LogP contribution is 2.33. The van der Waals surface area contributed by atoms with Gasteiger partial charge in [0.15, 0.2) is 0 Å². The van der Waals surface area contributed by atoms with Crippen LogP contribution in [0.3, 0.4) is 0 Å². The zero-order valence-electron chi connectivity index (χ0n) is 9.92. The lowest BCUT2D eigenvalue weighted by Crippen LogP contribution is -2.51. The summed E-state index contributed by atoms with van der Waals surface area (Å²) >= 11 is 0. The van der Waals surface area contributed by atoms with Gasteiger partial charge >= 0.3 is 6.18 Å². The highest BCUT2D eigenvalue weighted by Gasteiger charge is 2.45. The Morgan fingerprint density at radius 1 is 1.29 bits per heavy atom. The summed E-state index contributed by atoms with van der Waals surface area (Å²) in [7, 11) is 0. The first-order chi connectivity index (χ1) is 8.00. The van der Waals surface area contributed by atoms with E-state index >= 15 is 0 Å². The van der Waals surface area contributed by atoms with Crippen molar-refractivity contribution < 1.29 is 18.3 Å². The van der Waals surface area contributed by atoms with E-state index in [0.717, 1.165) is 25.7 Å². The summed E-state index contributed by atoms with van der Waals surface area (Å²) in [4.78, 5) is 1.40. The molecule has 1 aliphatic rings. The molecule has 0 spiro atoms. The van der Waals surface area contributed by atoms with Gasteiger partial charge in [0, 0.05) is 12.6 Å². The van der Waals surface area contributed by atoms with Crippen LogP contribution in [-0.2, 0) is 0 Å². The molecular weight excluding hydrogens is 233 g/mol. The van der Waals surface area contributed by atoms with Crippen molar-refractivity contribution >= 4 is 0 Å². The molecule has 1 unspecified atom stereocenters. The fourth-order valence-electron chi connectivity index (χ4n) is 2.62. The maximum Gasteiger partial charge on any atom is 0.404 e. The van der Waals surface area contributed by atoms with Crippen molar-refractivity contribution in [2.45, 2.75) is 50.4 Å². The number of hydrogen-bond acceptors (Lipinski definition) is 3. The van der Waals surface area contributed by atoms with Gasteiger partial charge in [-0.2, -0.15) is 13.2 Å². The molecule has 17 heavy (non-hydrogen) atoms. The van der Waals surface area contributed by atoms with Crippen molar-refractivity contribution in [3.05, 3.63) is 0 Å². The van der Waals surface area contributed by atoms with Gasteiger partial charge in [-0.25, -0.2) is 0 Å². The Balaban J connectivity index is 2.76. The van der Waals surface area contributed by atoms with Crippen molar-refractivity contribution in [3.8, 4) is 0 Å². The van der Waals surface area contributed by atoms with E-state index in [2.05, 4.69) is 0 Å². The molecule has 6 heteroatoms. The Morgan fingerprint density at radius 2 is 1.88 bits per heavy atom. The summed E-state index contributed by atoms with van der Waals surface area (Å²) in [6.07, 6.45) is -0.842. The van der Waals surface area contributed by atoms with E-state index in [4.69, 9.17) is 10.8 Å². The molecule has 3 N–H and O–H groups in total. The highest BCUT2D eigenvalue weighted by atomic mass is 19.4. The van der Waals surface area contributed by atoms with E-state index in [0.29, 0.717) is 0 Å². The van der Waals surface area contributed by atoms with Crippen LogP contribution in [0.1, 0.15) is 32.1 Å². The van der Waals surface area contributed by atoms with Crippen molar-refractivity contribution in [1.29, 1.82) is 0 Å². The Bertz CT molecular complexity index is 217. The van der Waals surface area contributed by atoms with E-state index in [1.165, 1.54) is 4.90 Å². The molecule has 3 nitrogen and oxygen atoms in total. The molecule has 0 aliphatic heterocycles. The fourth-order valence-corrected chi connectivity index (χ4v) is 2.62. The second-order valence-electron chi connectivity index (χ2n) is 4.53. The number of nitrogens with two attached hydrogens (primary N) is 1. The molecule has 0 radical (unpaired) electrons. The average Bonchev–Trinajstić information content (AvgIpc) is 2.75. The Labute approximate surface area is 99.8 Å². The summed E-state index contributed by atoms with van der Waals surface area (Å²) in [5.74, 6) is 0. The molecule has 1 atom stereocenters. The predicted molar refractivity (Wildman–Crippen MR) is 59.6 cm³/mol. The maximum atomic E-state index is 13.0. The van der Waals surface area contributed by atoms with Gasteiger partial charge in [-0.05, 0) is 25.8 Å². The first-order valence-corrected chi connectivity index (χ1v) is 6.14. The second-order valence-corrected chi connectivity index (χ2v) is 4.53. The van der Waals surface area contributed by atoms with E-state index < -0.39 is 12.2 Å². The number of alkyl halides is 3. The van der Waals surface area contributed by atoms with Gasteiger partial charge in [0.25, 0.3) is 0 Å². The third-order valence-corrected chi connectivity index (χ3v) is 3.37. The van der Waals surface area contributed by atoms with Crippen LogP contribution in [0.15, 0.2) is 0 Å². The van der Waals surface area contributed by atoms with E-state index in [-0.39, 0.29) is 32.2 Å². The summed E-state index contributed by atoms with van der Waals surface area (Å²) < 4.78 is 38.9. The van der Waals surface area contributed by atoms with Gasteiger partial charge in [0.05, 0.1) is 6.61 Å². The Kier molecular flexibility index (Phi) is 5.69. The van der Waals surface area contributed by atoms with Crippen molar-refractivity contribution in [2.24, 2.45) is 5.73 Å². The van der Waals surface area contributed by atoms with Crippen LogP contribution in [0, 0.1) is 0 Å². The Morgan fingerprint density at radius 3 is 2.29 bits per heavy atom. The molecule has 0 saturated heterocycles. The van der Waals surface area contributed by atoms with E-state index in [1.807, 2.05) is 0 Å². The van der Waals surface area contributed by atoms with Gasteiger partial charge in [-0.3, -0.25) is 4.90 Å². The van der Waals surface area contributed by atoms with Crippen LogP contribution < -0.4 is 5.73 Å². The second kappa shape index (κ2) is 6.56. The molecule has 0 aromatic rings. The molecule has 102 valence electrons. The van der Waals surface area contributed by atoms with Crippen LogP contribution in [0.25, 0.3) is 0 Å². The number of rotatable bonds is 6. The Hall–Kier alpha value is -0.330. The SMILES string of the molecule is NCCC(N(CCO)C1CCCC1)C(F)(F)F. The molecule has 1 fully saturated rings. The smallest absolute Gasteiger partial charge is 0.395 e. The van der Waals surface area contributed by atoms with Crippen LogP contribution in [0.2, 0.25) is 0 Å². The largest absolute Gasteiger partial charge is 0.404 e. The van der Waals surface area contributed by atoms with Gasteiger partial charge in [0.1, 0.15) is 6.04 Å². The minimum absolute atomic E-state index is 0.0127. The molecule has 0 aromatic heterocycles. The molecule has 0 bridgehead atoms. The first kappa shape index (κ1) is 14.7. The molecule has 0 aromatic carbocycles. The highest BCUT2D eigenvalue weighted by molar-refractivity contribution is 4.86. The fraction of sp³-hybridized carbons (Fsp3) is 1.00. The summed E-state index contributed by atoms with van der Waals surface area (Å²) in [6.45, 7) is -0.151. The van der Waals surface area contributed by atoms with E-state index in [1.54, 1.807) is 0 Å². The zero-order chi connectivity index (χ0) is 12.9. The van der Waals surface area contributed by atoms with Gasteiger partial charge in [0.2, 0.25) is 0 Å². The number of nitrogens with zero attached hydrogens (tertiary/aromatic N) is 1. The lowest BCUT2D eigenvalue weighted by atomic mass is 10.1. The van der Waals surface area contributed by atoms with Gasteiger partial charge in [-0.15, -0.1) is 0 Å². The van der Waals surface area contributed by atoms with Gasteiger partial charge in [-0.1, -0.05) is 12.8 Å². The first-order valence-electron chi connectivity index (χ1n) is 6.14. The standard InChI is InChI=1S/C11H21F3N2O/c12-11(13,14)10(5-6-15)16(7-8-17)9-3-1-2-4-9/h9-10,17H,1-8,15H2. The summed E-state index contributed by atoms with van der Waals surface area (Å²) in [5, 5.41) is 8.94. The maximum absolute atomic E-state index is 13.0. The normalized spacial score (nSPS) is 20.1. The number of halogens is 3. The lowest BCUT2D eigenvalue weighted by molar-refractivity contribution is -0.191. The van der Waals surface area contributed by atoms with Crippen LogP contribution in [0.5, 0.6) is 0 Å². The minimum atomic E-state index is -4.27. The lowest BCUT2D eigenvalue weighted by Gasteiger charge is -2.37. The molecule has 1 aliphatic carbocycles. The van der Waals surface area contributed by atoms with Crippen LogP contribution >= 0.6 is 0 Å². The zero-order valence-corrected chi connectivity index (χ0v) is 9.92. The summed E-state index contributed by atoms with van der Waals surface area (Å²) in [6, 6.07) is -1.57. The molecule has 0 heterocycles. The number of aliphatic hydroxyl groups excluding tert-OH is 1. The molecule has 1 saturated carbocycles. The van der Waals surface area contributed by atoms with Crippen LogP contribution in [0.4, 0.5) is 13.2 Å². The minimum Gasteiger partial charge on any atom is -0.395 e. The molecule has 1 rings (SSSR count). The van der Waals surface area contributed by atoms with Crippen LogP contribution in [-0.4, -0.2) is 48.0 Å². The number of aliphatic hydroxyl groups is 1. The van der Waals surface area contributed by atoms with Crippen molar-refractivity contribution in [1.82, 2.24) is 4.90 Å². The molecular formula is C11H21F3N2O. The third kappa shape index (κ3) is 4.12. The topological polar surface area (TPSA) is 49.5 Å². The number of hydrogen-bond donors (Lipinski definition) is 2. The summed E-state index contributed by atoms with van der Waals surface area (Å²) in [5.41, 5.74) is 5.27. The van der Waals surface area contributed by atoms with E-state index in [9.17, 15) is 13.2 Å². The predicted octanol–water partition coefficient (Wildman–Crippen LogP) is 1.50. The van der Waals surface area contributed by atoms with Gasteiger partial charge < -0.3 is 10.8 Å².